The molecule has 3 rings (SSSR count). The standard InChI is InChI=1S/C18H20F2N4O2/c1-17(2)9-18(6-11(7-21)14(17)25)4-5-24(10-18)16(26)12-8-23(3)22-13(12)15(19)20/h6,8,15H,4-5,9-10H2,1-3H3/t18-/m1/s1. The van der Waals surface area contributed by atoms with Crippen LogP contribution in [0.1, 0.15) is 49.2 Å². The van der Waals surface area contributed by atoms with Crippen LogP contribution in [0.4, 0.5) is 8.78 Å². The fraction of sp³-hybridized carbons (Fsp3) is 0.556. The molecule has 0 radical (unpaired) electrons. The van der Waals surface area contributed by atoms with Gasteiger partial charge in [-0.2, -0.15) is 10.4 Å². The van der Waals surface area contributed by atoms with Crippen LogP contribution in [-0.2, 0) is 11.8 Å². The van der Waals surface area contributed by atoms with Gasteiger partial charge < -0.3 is 4.90 Å². The molecule has 1 spiro atoms. The van der Waals surface area contributed by atoms with Crippen molar-refractivity contribution in [3.63, 3.8) is 0 Å². The molecule has 0 N–H and O–H groups in total. The summed E-state index contributed by atoms with van der Waals surface area (Å²) in [6.45, 7) is 4.27. The van der Waals surface area contributed by atoms with E-state index in [1.54, 1.807) is 19.9 Å². The van der Waals surface area contributed by atoms with E-state index in [1.807, 2.05) is 6.07 Å². The van der Waals surface area contributed by atoms with Gasteiger partial charge in [-0.1, -0.05) is 19.9 Å². The zero-order valence-corrected chi connectivity index (χ0v) is 14.9. The molecule has 1 fully saturated rings. The van der Waals surface area contributed by atoms with Crippen LogP contribution in [-0.4, -0.2) is 39.5 Å². The van der Waals surface area contributed by atoms with E-state index in [2.05, 4.69) is 5.10 Å². The largest absolute Gasteiger partial charge is 0.338 e. The minimum atomic E-state index is -2.83. The fourth-order valence-electron chi connectivity index (χ4n) is 4.16. The van der Waals surface area contributed by atoms with Crippen LogP contribution < -0.4 is 0 Å². The summed E-state index contributed by atoms with van der Waals surface area (Å²) in [5, 5.41) is 13.0. The molecule has 26 heavy (non-hydrogen) atoms. The van der Waals surface area contributed by atoms with Crippen LogP contribution in [0.15, 0.2) is 17.8 Å². The summed E-state index contributed by atoms with van der Waals surface area (Å²) in [6.07, 6.45) is 1.25. The molecular formula is C18H20F2N4O2. The predicted molar refractivity (Wildman–Crippen MR) is 88.2 cm³/mol. The maximum atomic E-state index is 13.1. The number of amides is 1. The molecule has 1 aliphatic carbocycles. The molecule has 0 unspecified atom stereocenters. The number of hydrogen-bond acceptors (Lipinski definition) is 4. The number of halogens is 2. The highest BCUT2D eigenvalue weighted by atomic mass is 19.3. The number of likely N-dealkylation sites (tertiary alicyclic amines) is 1. The molecule has 2 aliphatic rings. The van der Waals surface area contributed by atoms with Crippen molar-refractivity contribution in [2.75, 3.05) is 13.1 Å². The smallest absolute Gasteiger partial charge is 0.282 e. The van der Waals surface area contributed by atoms with E-state index >= 15 is 0 Å². The molecule has 138 valence electrons. The maximum absolute atomic E-state index is 13.1. The molecule has 2 heterocycles. The number of aromatic nitrogens is 2. The first kappa shape index (κ1) is 18.2. The first-order chi connectivity index (χ1) is 12.1. The van der Waals surface area contributed by atoms with Crippen LogP contribution >= 0.6 is 0 Å². The Hall–Kier alpha value is -2.56. The highest BCUT2D eigenvalue weighted by Crippen LogP contribution is 2.48. The molecular weight excluding hydrogens is 342 g/mol. The second-order valence-corrected chi connectivity index (χ2v) is 7.80. The third-order valence-corrected chi connectivity index (χ3v) is 5.19. The van der Waals surface area contributed by atoms with Crippen LogP contribution in [0.25, 0.3) is 0 Å². The molecule has 0 saturated carbocycles. The molecule has 0 bridgehead atoms. The second-order valence-electron chi connectivity index (χ2n) is 7.80. The minimum absolute atomic E-state index is 0.102. The number of nitriles is 1. The van der Waals surface area contributed by atoms with Gasteiger partial charge in [0, 0.05) is 37.2 Å². The van der Waals surface area contributed by atoms with Gasteiger partial charge in [0.2, 0.25) is 0 Å². The van der Waals surface area contributed by atoms with Crippen molar-refractivity contribution in [3.05, 3.63) is 29.1 Å². The number of aryl methyl sites for hydroxylation is 1. The van der Waals surface area contributed by atoms with E-state index < -0.39 is 28.9 Å². The van der Waals surface area contributed by atoms with Crippen LogP contribution in [0, 0.1) is 22.2 Å². The van der Waals surface area contributed by atoms with Crippen molar-refractivity contribution in [1.29, 1.82) is 5.26 Å². The lowest BCUT2D eigenvalue weighted by atomic mass is 9.64. The van der Waals surface area contributed by atoms with Crippen molar-refractivity contribution in [1.82, 2.24) is 14.7 Å². The molecule has 1 aliphatic heterocycles. The van der Waals surface area contributed by atoms with Gasteiger partial charge in [-0.3, -0.25) is 14.3 Å². The van der Waals surface area contributed by atoms with E-state index in [0.717, 1.165) is 0 Å². The summed E-state index contributed by atoms with van der Waals surface area (Å²) >= 11 is 0. The Morgan fingerprint density at radius 1 is 1.42 bits per heavy atom. The normalized spacial score (nSPS) is 24.9. The Morgan fingerprint density at radius 2 is 2.12 bits per heavy atom. The lowest BCUT2D eigenvalue weighted by Gasteiger charge is -2.38. The Labute approximate surface area is 150 Å². The lowest BCUT2D eigenvalue weighted by Crippen LogP contribution is -2.40. The van der Waals surface area contributed by atoms with Gasteiger partial charge in [0.05, 0.1) is 11.1 Å². The molecule has 6 nitrogen and oxygen atoms in total. The topological polar surface area (TPSA) is 79.0 Å². The molecule has 8 heteroatoms. The van der Waals surface area contributed by atoms with Gasteiger partial charge in [0.15, 0.2) is 5.78 Å². The highest BCUT2D eigenvalue weighted by molar-refractivity contribution is 6.04. The van der Waals surface area contributed by atoms with Crippen molar-refractivity contribution < 1.29 is 18.4 Å². The van der Waals surface area contributed by atoms with E-state index in [9.17, 15) is 23.6 Å². The number of hydrogen-bond donors (Lipinski definition) is 0. The number of alkyl halides is 2. The Balaban J connectivity index is 1.89. The number of carbonyl (C=O) groups is 2. The number of allylic oxidation sites excluding steroid dienone is 1. The number of ketones is 1. The zero-order chi connectivity index (χ0) is 19.3. The SMILES string of the molecule is Cn1cc(C(=O)N2CC[C@]3(C=C(C#N)C(=O)C(C)(C)C3)C2)c(C(F)F)n1. The van der Waals surface area contributed by atoms with E-state index in [1.165, 1.54) is 22.8 Å². The van der Waals surface area contributed by atoms with E-state index in [-0.39, 0.29) is 16.9 Å². The van der Waals surface area contributed by atoms with Crippen molar-refractivity contribution in [2.24, 2.45) is 17.9 Å². The highest BCUT2D eigenvalue weighted by Gasteiger charge is 2.49. The molecule has 1 aromatic heterocycles. The molecule has 1 saturated heterocycles. The average Bonchev–Trinajstić information content (AvgIpc) is 3.14. The van der Waals surface area contributed by atoms with Crippen LogP contribution in [0.5, 0.6) is 0 Å². The first-order valence-electron chi connectivity index (χ1n) is 8.37. The number of nitrogens with zero attached hydrogens (tertiary/aromatic N) is 4. The summed E-state index contributed by atoms with van der Waals surface area (Å²) in [4.78, 5) is 26.6. The summed E-state index contributed by atoms with van der Waals surface area (Å²) in [7, 11) is 1.49. The minimum Gasteiger partial charge on any atom is -0.338 e. The third-order valence-electron chi connectivity index (χ3n) is 5.19. The van der Waals surface area contributed by atoms with Gasteiger partial charge in [0.1, 0.15) is 11.8 Å². The van der Waals surface area contributed by atoms with Crippen LogP contribution in [0.3, 0.4) is 0 Å². The summed E-state index contributed by atoms with van der Waals surface area (Å²) in [5.74, 6) is -0.686. The Kier molecular flexibility index (Phi) is 4.21. The van der Waals surface area contributed by atoms with Gasteiger partial charge in [-0.25, -0.2) is 8.78 Å². The van der Waals surface area contributed by atoms with Crippen LogP contribution in [0.2, 0.25) is 0 Å². The summed E-state index contributed by atoms with van der Waals surface area (Å²) in [6, 6.07) is 1.96. The quantitative estimate of drug-likeness (QED) is 0.810. The van der Waals surface area contributed by atoms with Crippen molar-refractivity contribution in [3.8, 4) is 6.07 Å². The fourth-order valence-corrected chi connectivity index (χ4v) is 4.16. The second kappa shape index (κ2) is 6.01. The van der Waals surface area contributed by atoms with Gasteiger partial charge in [-0.05, 0) is 12.8 Å². The van der Waals surface area contributed by atoms with Crippen molar-refractivity contribution >= 4 is 11.7 Å². The lowest BCUT2D eigenvalue weighted by molar-refractivity contribution is -0.125. The maximum Gasteiger partial charge on any atom is 0.282 e. The average molecular weight is 362 g/mol. The molecule has 1 aromatic rings. The Bertz CT molecular complexity index is 850. The van der Waals surface area contributed by atoms with E-state index in [4.69, 9.17) is 0 Å². The predicted octanol–water partition coefficient (Wildman–Crippen LogP) is 2.64. The number of carbonyl (C=O) groups excluding carboxylic acids is 2. The van der Waals surface area contributed by atoms with Gasteiger partial charge >= 0.3 is 0 Å². The number of Topliss-reactive ketones (excluding diaryl/α,β-unsaturated/α-hetero) is 1. The van der Waals surface area contributed by atoms with Gasteiger partial charge in [-0.15, -0.1) is 0 Å². The first-order valence-corrected chi connectivity index (χ1v) is 8.37. The molecule has 1 atom stereocenters. The Morgan fingerprint density at radius 3 is 2.73 bits per heavy atom. The van der Waals surface area contributed by atoms with Crippen molar-refractivity contribution in [2.45, 2.75) is 33.1 Å². The van der Waals surface area contributed by atoms with E-state index in [0.29, 0.717) is 25.9 Å². The molecule has 0 aromatic carbocycles. The molecule has 1 amide bonds. The summed E-state index contributed by atoms with van der Waals surface area (Å²) < 4.78 is 27.5. The summed E-state index contributed by atoms with van der Waals surface area (Å²) in [5.41, 5.74) is -1.68. The zero-order valence-electron chi connectivity index (χ0n) is 14.9. The monoisotopic (exact) mass is 362 g/mol. The van der Waals surface area contributed by atoms with Gasteiger partial charge in [0.25, 0.3) is 12.3 Å². The third kappa shape index (κ3) is 2.91. The number of rotatable bonds is 2.